The summed E-state index contributed by atoms with van der Waals surface area (Å²) >= 11 is 5.53. The number of likely N-dealkylation sites (tertiary alicyclic amines) is 1. The van der Waals surface area contributed by atoms with Crippen molar-refractivity contribution in [1.29, 1.82) is 0 Å². The molecule has 40 heavy (non-hydrogen) atoms. The number of carbonyl (C=O) groups excluding carboxylic acids is 1. The molecule has 5 rings (SSSR count). The molecule has 3 aliphatic rings. The number of amides is 1. The number of halogens is 5. The third-order valence-electron chi connectivity index (χ3n) is 7.63. The fraction of sp³-hybridized carbons (Fsp3) is 0.667. The number of aromatic nitrogens is 2. The second-order valence-corrected chi connectivity index (χ2v) is 13.9. The van der Waals surface area contributed by atoms with E-state index in [4.69, 9.17) is 24.2 Å². The van der Waals surface area contributed by atoms with Crippen LogP contribution in [0.3, 0.4) is 0 Å². The Kier molecular flexibility index (Phi) is 8.39. The van der Waals surface area contributed by atoms with Gasteiger partial charge in [-0.3, -0.25) is 0 Å². The normalized spacial score (nSPS) is 20.1. The monoisotopic (exact) mass is 740 g/mol. The minimum atomic E-state index is -4.48. The van der Waals surface area contributed by atoms with E-state index in [9.17, 15) is 18.0 Å². The first-order valence-electron chi connectivity index (χ1n) is 13.4. The van der Waals surface area contributed by atoms with Crippen molar-refractivity contribution in [2.75, 3.05) is 50.9 Å². The van der Waals surface area contributed by atoms with Crippen LogP contribution in [0, 0.1) is 8.99 Å². The fourth-order valence-corrected chi connectivity index (χ4v) is 6.55. The van der Waals surface area contributed by atoms with Gasteiger partial charge in [0, 0.05) is 59.7 Å². The summed E-state index contributed by atoms with van der Waals surface area (Å²) < 4.78 is 57.0. The van der Waals surface area contributed by atoms with Crippen molar-refractivity contribution in [2.45, 2.75) is 64.1 Å². The lowest BCUT2D eigenvalue weighted by Gasteiger charge is -2.53. The van der Waals surface area contributed by atoms with Crippen LogP contribution in [0.5, 0.6) is 5.75 Å². The molecule has 220 valence electrons. The molecule has 0 N–H and O–H groups in total. The molecule has 0 aliphatic carbocycles. The summed E-state index contributed by atoms with van der Waals surface area (Å²) in [6.45, 7) is 8.11. The Morgan fingerprint density at radius 2 is 1.82 bits per heavy atom. The van der Waals surface area contributed by atoms with Crippen LogP contribution in [0.1, 0.15) is 58.2 Å². The third kappa shape index (κ3) is 6.55. The van der Waals surface area contributed by atoms with E-state index in [1.165, 1.54) is 0 Å². The smallest absolute Gasteiger partial charge is 0.422 e. The average Bonchev–Trinajstić information content (AvgIpc) is 2.86. The number of nitrogens with zero attached hydrogens (tertiary/aromatic N) is 4. The van der Waals surface area contributed by atoms with Gasteiger partial charge < -0.3 is 24.0 Å². The largest absolute Gasteiger partial charge is 0.481 e. The summed E-state index contributed by atoms with van der Waals surface area (Å²) in [4.78, 5) is 26.2. The highest BCUT2D eigenvalue weighted by atomic mass is 127. The van der Waals surface area contributed by atoms with Crippen molar-refractivity contribution < 1.29 is 32.2 Å². The Balaban J connectivity index is 1.43. The standard InChI is InChI=1S/C27H33BrF3IN4O4/c1-25(2,3)40-24(37)36-13-26(14-36)6-8-35(9-7-26)23-17-12-18(32)19(28)21(39-15-27(29,30)31)20(17)33-22(34-23)16-4-10-38-11-5-16/h12,16H,4-11,13-15H2,1-3H3. The Morgan fingerprint density at radius 1 is 1.18 bits per heavy atom. The molecule has 0 radical (unpaired) electrons. The maximum Gasteiger partial charge on any atom is 0.422 e. The molecule has 3 saturated heterocycles. The van der Waals surface area contributed by atoms with Gasteiger partial charge in [-0.1, -0.05) is 0 Å². The predicted octanol–water partition coefficient (Wildman–Crippen LogP) is 6.67. The maximum absolute atomic E-state index is 13.2. The molecule has 13 heteroatoms. The molecule has 1 spiro atoms. The van der Waals surface area contributed by atoms with Crippen LogP contribution in [0.25, 0.3) is 10.9 Å². The van der Waals surface area contributed by atoms with Gasteiger partial charge in [-0.15, -0.1) is 0 Å². The number of rotatable bonds is 4. The van der Waals surface area contributed by atoms with Gasteiger partial charge >= 0.3 is 12.3 Å². The van der Waals surface area contributed by atoms with E-state index in [0.29, 0.717) is 70.0 Å². The second kappa shape index (κ2) is 11.2. The van der Waals surface area contributed by atoms with E-state index in [1.54, 1.807) is 4.90 Å². The van der Waals surface area contributed by atoms with E-state index in [1.807, 2.05) is 26.8 Å². The molecule has 8 nitrogen and oxygen atoms in total. The van der Waals surface area contributed by atoms with Gasteiger partial charge in [0.25, 0.3) is 0 Å². The fourth-order valence-electron chi connectivity index (χ4n) is 5.58. The molecule has 0 bridgehead atoms. The second-order valence-electron chi connectivity index (χ2n) is 11.9. The molecule has 0 saturated carbocycles. The topological polar surface area (TPSA) is 77.0 Å². The average molecular weight is 741 g/mol. The zero-order valence-electron chi connectivity index (χ0n) is 22.7. The summed E-state index contributed by atoms with van der Waals surface area (Å²) in [5.74, 6) is 1.45. The summed E-state index contributed by atoms with van der Waals surface area (Å²) in [5.41, 5.74) is -0.115. The van der Waals surface area contributed by atoms with Crippen molar-refractivity contribution in [3.8, 4) is 5.75 Å². The number of benzene rings is 1. The molecule has 0 atom stereocenters. The number of fused-ring (bicyclic) bond motifs is 1. The minimum absolute atomic E-state index is 0.0399. The molecular weight excluding hydrogens is 708 g/mol. The SMILES string of the molecule is CC(C)(C)OC(=O)N1CC2(CCN(c3nc(C4CCOCC4)nc4c(OCC(F)(F)F)c(Br)c(I)cc34)CC2)C1. The Labute approximate surface area is 253 Å². The van der Waals surface area contributed by atoms with Crippen molar-refractivity contribution in [2.24, 2.45) is 5.41 Å². The van der Waals surface area contributed by atoms with Crippen LogP contribution in [0.2, 0.25) is 0 Å². The third-order valence-corrected chi connectivity index (χ3v) is 10.0. The molecule has 0 unspecified atom stereocenters. The Morgan fingerprint density at radius 3 is 2.42 bits per heavy atom. The minimum Gasteiger partial charge on any atom is -0.481 e. The number of hydrogen-bond donors (Lipinski definition) is 0. The lowest BCUT2D eigenvalue weighted by molar-refractivity contribution is -0.153. The summed E-state index contributed by atoms with van der Waals surface area (Å²) in [6.07, 6.45) is -1.53. The molecule has 2 aromatic rings. The zero-order chi connectivity index (χ0) is 28.9. The first-order chi connectivity index (χ1) is 18.7. The van der Waals surface area contributed by atoms with E-state index in [2.05, 4.69) is 43.4 Å². The highest BCUT2D eigenvalue weighted by molar-refractivity contribution is 14.1. The molecule has 4 heterocycles. The van der Waals surface area contributed by atoms with Gasteiger partial charge in [-0.2, -0.15) is 13.2 Å². The molecule has 1 aromatic carbocycles. The van der Waals surface area contributed by atoms with Crippen LogP contribution in [0.4, 0.5) is 23.8 Å². The van der Waals surface area contributed by atoms with Crippen LogP contribution < -0.4 is 9.64 Å². The predicted molar refractivity (Wildman–Crippen MR) is 156 cm³/mol. The van der Waals surface area contributed by atoms with E-state index in [0.717, 1.165) is 25.7 Å². The number of hydrogen-bond acceptors (Lipinski definition) is 7. The number of anilines is 1. The van der Waals surface area contributed by atoms with Crippen LogP contribution in [-0.2, 0) is 9.47 Å². The maximum atomic E-state index is 13.2. The van der Waals surface area contributed by atoms with Gasteiger partial charge in [0.15, 0.2) is 12.4 Å². The van der Waals surface area contributed by atoms with Crippen LogP contribution >= 0.6 is 38.5 Å². The quantitative estimate of drug-likeness (QED) is 0.325. The van der Waals surface area contributed by atoms with Crippen molar-refractivity contribution >= 4 is 61.3 Å². The van der Waals surface area contributed by atoms with Gasteiger partial charge in [0.1, 0.15) is 22.8 Å². The zero-order valence-corrected chi connectivity index (χ0v) is 26.5. The lowest BCUT2D eigenvalue weighted by atomic mass is 9.72. The van der Waals surface area contributed by atoms with E-state index >= 15 is 0 Å². The Bertz CT molecular complexity index is 1270. The van der Waals surface area contributed by atoms with Crippen LogP contribution in [-0.4, -0.2) is 78.7 Å². The summed E-state index contributed by atoms with van der Waals surface area (Å²) in [7, 11) is 0. The van der Waals surface area contributed by atoms with E-state index < -0.39 is 18.4 Å². The van der Waals surface area contributed by atoms with E-state index in [-0.39, 0.29) is 23.2 Å². The van der Waals surface area contributed by atoms with Gasteiger partial charge in [-0.25, -0.2) is 14.8 Å². The molecule has 3 aliphatic heterocycles. The summed E-state index contributed by atoms with van der Waals surface area (Å²) in [6, 6.07) is 1.90. The number of ether oxygens (including phenoxy) is 3. The Hall–Kier alpha value is -1.61. The molecular formula is C27H33BrF3IN4O4. The highest BCUT2D eigenvalue weighted by Gasteiger charge is 2.48. The number of piperidine rings is 1. The number of carbonyl (C=O) groups is 1. The van der Waals surface area contributed by atoms with Crippen molar-refractivity contribution in [1.82, 2.24) is 14.9 Å². The first kappa shape index (κ1) is 29.9. The molecule has 1 aromatic heterocycles. The van der Waals surface area contributed by atoms with Gasteiger partial charge in [0.2, 0.25) is 0 Å². The summed E-state index contributed by atoms with van der Waals surface area (Å²) in [5, 5.41) is 0.667. The van der Waals surface area contributed by atoms with Crippen LogP contribution in [0.15, 0.2) is 10.5 Å². The van der Waals surface area contributed by atoms with Gasteiger partial charge in [0.05, 0.1) is 4.47 Å². The molecule has 3 fully saturated rings. The van der Waals surface area contributed by atoms with Crippen molar-refractivity contribution in [3.63, 3.8) is 0 Å². The molecule has 1 amide bonds. The lowest BCUT2D eigenvalue weighted by Crippen LogP contribution is -2.62. The number of alkyl halides is 3. The van der Waals surface area contributed by atoms with Gasteiger partial charge in [-0.05, 0) is 91.0 Å². The van der Waals surface area contributed by atoms with Crippen molar-refractivity contribution in [3.05, 3.63) is 19.9 Å². The first-order valence-corrected chi connectivity index (χ1v) is 15.3. The highest BCUT2D eigenvalue weighted by Crippen LogP contribution is 2.45.